The molecule has 9 aromatic rings. The van der Waals surface area contributed by atoms with Gasteiger partial charge >= 0.3 is 0 Å². The van der Waals surface area contributed by atoms with Crippen molar-refractivity contribution in [3.05, 3.63) is 247 Å². The van der Waals surface area contributed by atoms with Gasteiger partial charge in [0.15, 0.2) is 14.6 Å². The fourth-order valence-electron chi connectivity index (χ4n) is 11.0. The fourth-order valence-corrected chi connectivity index (χ4v) is 11.0. The van der Waals surface area contributed by atoms with Gasteiger partial charge in [0.25, 0.3) is 0 Å². The van der Waals surface area contributed by atoms with Gasteiger partial charge in [-0.05, 0) is 130 Å². The molecule has 12 rings (SSSR count). The summed E-state index contributed by atoms with van der Waals surface area (Å²) < 4.78 is 72.3. The number of aryl methyl sites for hydroxylation is 1. The van der Waals surface area contributed by atoms with Crippen LogP contribution in [0.1, 0.15) is 97.7 Å². The van der Waals surface area contributed by atoms with E-state index in [1.807, 2.05) is 67.3 Å². The molecule has 0 bridgehead atoms. The summed E-state index contributed by atoms with van der Waals surface area (Å²) in [6.45, 7) is 13.2. The van der Waals surface area contributed by atoms with E-state index >= 15 is 0 Å². The Kier molecular flexibility index (Phi) is 12.2. The number of aromatic nitrogens is 4. The molecule has 6 heterocycles. The van der Waals surface area contributed by atoms with Crippen molar-refractivity contribution >= 4 is 81.1 Å². The molecule has 0 unspecified atom stereocenters. The minimum Gasteiger partial charge on any atom is -0.439 e. The van der Waals surface area contributed by atoms with Crippen LogP contribution in [0.2, 0.25) is 0 Å². The number of hydrogen-bond donors (Lipinski definition) is 2. The average Bonchev–Trinajstić information content (AvgIpc) is 1.57. The Morgan fingerprint density at radius 1 is 0.630 bits per heavy atom. The van der Waals surface area contributed by atoms with Crippen molar-refractivity contribution in [3.8, 4) is 28.8 Å². The van der Waals surface area contributed by atoms with E-state index in [-0.39, 0.29) is 52.1 Å². The first kappa shape index (κ1) is 44.6. The molecule has 3 aliphatic rings. The third kappa shape index (κ3) is 10.2. The highest BCUT2D eigenvalue weighted by molar-refractivity contribution is 6.67. The van der Waals surface area contributed by atoms with Gasteiger partial charge in [-0.1, -0.05) is 144 Å². The second kappa shape index (κ2) is 22.1. The van der Waals surface area contributed by atoms with Crippen LogP contribution >= 0.6 is 0 Å². The zero-order valence-corrected chi connectivity index (χ0v) is 46.6. The van der Waals surface area contributed by atoms with Crippen molar-refractivity contribution < 1.29 is 14.3 Å². The van der Waals surface area contributed by atoms with Gasteiger partial charge in [-0.2, -0.15) is 0 Å². The number of hydrogen-bond acceptors (Lipinski definition) is 7. The van der Waals surface area contributed by atoms with E-state index in [4.69, 9.17) is 21.6 Å². The van der Waals surface area contributed by atoms with Crippen LogP contribution in [0.5, 0.6) is 11.6 Å². The second-order valence-electron chi connectivity index (χ2n) is 22.0. The van der Waals surface area contributed by atoms with E-state index in [1.165, 1.54) is 10.1 Å². The summed E-state index contributed by atoms with van der Waals surface area (Å²) in [5, 5.41) is 7.19. The first-order valence-corrected chi connectivity index (χ1v) is 27.6. The third-order valence-corrected chi connectivity index (χ3v) is 15.0. The summed E-state index contributed by atoms with van der Waals surface area (Å²) >= 11 is 0. The Balaban J connectivity index is 1.08. The molecule has 0 atom stereocenters. The van der Waals surface area contributed by atoms with Gasteiger partial charge in [0, 0.05) is 64.4 Å². The third-order valence-electron chi connectivity index (χ3n) is 15.0. The van der Waals surface area contributed by atoms with Crippen molar-refractivity contribution in [2.75, 3.05) is 16.5 Å². The number of ether oxygens (including phenoxy) is 1. The molecule has 0 saturated carbocycles. The zero-order chi connectivity index (χ0) is 61.8. The first-order chi connectivity index (χ1) is 42.3. The van der Waals surface area contributed by atoms with Crippen molar-refractivity contribution in [2.24, 2.45) is 6.98 Å². The van der Waals surface area contributed by atoms with Crippen LogP contribution in [0.25, 0.3) is 61.0 Å². The van der Waals surface area contributed by atoms with Crippen molar-refractivity contribution in [1.82, 2.24) is 29.7 Å². The van der Waals surface area contributed by atoms with Crippen molar-refractivity contribution in [1.29, 1.82) is 0 Å². The number of imidazole rings is 1. The lowest BCUT2D eigenvalue weighted by Gasteiger charge is -2.31. The standard InChI is InChI=1S/C70H66B2N8O/c1-46(2)51-23-19-24-52(47(3)4)67(51)60-42-49(43-66(75-60)81-50-32-33-54-53-22-9-11-28-61(53)80(65(54)44-50)69-76-59-27-10-12-29-62(59)77(69)8)78-45-79(64-31-14-13-30-63(64)78)68-55(57-25-20-38-73-36-17-15-34-71-57)40-48(70(5,6)7)41-56(68)58-26-21-39-74-37-18-16-35-72-58/h9-44,46-47,73-74H,45H2,1-8H3/b34-15-,35-16-,36-17-,37-18-,38-20-,39-21-,57-25-,58-26-/i8D3,9D,11D,22D,28D. The molecule has 11 heteroatoms. The van der Waals surface area contributed by atoms with E-state index in [9.17, 15) is 2.74 Å². The monoisotopic (exact) mass is 1060 g/mol. The fraction of sp³-hybridized carbons (Fsp3) is 0.171. The Morgan fingerprint density at radius 2 is 1.27 bits per heavy atom. The largest absolute Gasteiger partial charge is 0.439 e. The van der Waals surface area contributed by atoms with Gasteiger partial charge in [0.05, 0.1) is 56.0 Å². The van der Waals surface area contributed by atoms with Crippen molar-refractivity contribution in [2.45, 2.75) is 65.7 Å². The van der Waals surface area contributed by atoms with Gasteiger partial charge in [0.2, 0.25) is 11.8 Å². The predicted octanol–water partition coefficient (Wildman–Crippen LogP) is 16.7. The maximum absolute atomic E-state index is 9.33. The van der Waals surface area contributed by atoms with E-state index < -0.39 is 19.1 Å². The van der Waals surface area contributed by atoms with Crippen LogP contribution in [-0.2, 0) is 12.4 Å². The summed E-state index contributed by atoms with van der Waals surface area (Å²) in [5.41, 5.74) is 14.0. The molecule has 3 aromatic heterocycles. The molecule has 0 amide bonds. The molecule has 2 N–H and O–H groups in total. The lowest BCUT2D eigenvalue weighted by Crippen LogP contribution is -2.27. The van der Waals surface area contributed by atoms with E-state index in [2.05, 4.69) is 168 Å². The molecule has 3 aliphatic heterocycles. The Hall–Kier alpha value is -9.21. The number of para-hydroxylation sites is 5. The minimum atomic E-state index is -2.74. The summed E-state index contributed by atoms with van der Waals surface area (Å²) in [6.07, 6.45) is 24.0. The van der Waals surface area contributed by atoms with Crippen LogP contribution in [0, 0.1) is 0 Å². The summed E-state index contributed by atoms with van der Waals surface area (Å²) in [4.78, 5) is 15.0. The molecule has 0 aliphatic carbocycles. The van der Waals surface area contributed by atoms with Crippen LogP contribution in [0.3, 0.4) is 0 Å². The molecule has 81 heavy (non-hydrogen) atoms. The Morgan fingerprint density at radius 3 is 1.94 bits per heavy atom. The smallest absolute Gasteiger partial charge is 0.221 e. The zero-order valence-electron chi connectivity index (χ0n) is 53.6. The number of rotatable bonds is 10. The Bertz CT molecular complexity index is 4420. The first-order valence-electron chi connectivity index (χ1n) is 31.1. The quantitative estimate of drug-likeness (QED) is 0.132. The average molecular weight is 1060 g/mol. The molecule has 398 valence electrons. The Labute approximate surface area is 487 Å². The van der Waals surface area contributed by atoms with Crippen LogP contribution < -0.4 is 25.2 Å². The highest BCUT2D eigenvalue weighted by Crippen LogP contribution is 2.51. The van der Waals surface area contributed by atoms with Crippen LogP contribution in [-0.4, -0.2) is 40.3 Å². The minimum absolute atomic E-state index is 0.0394. The number of pyridine rings is 1. The van der Waals surface area contributed by atoms with Crippen LogP contribution in [0.4, 0.5) is 22.7 Å². The van der Waals surface area contributed by atoms with Gasteiger partial charge in [-0.25, -0.2) is 9.97 Å². The van der Waals surface area contributed by atoms with Gasteiger partial charge in [0.1, 0.15) is 12.4 Å². The molecule has 0 fully saturated rings. The molecular formula is C70H66B2N8O. The SMILES string of the molecule is [2H]c1c([2H])c([2H])c2c(c1[2H])c1ccc(Oc3cc(N4CN(c5c(/C6=C/C=C\N/C=C\C=C/[B]6)cc(C(C)(C)C)cc5/C5=C/C=C\N/C=C\C=C/[B]5)c5ccccc54)cc(-c4c(C(C)C)cccc4C(C)C)n3)cc1n2-c1nc2ccccc2n1C([2H])([2H])[2H]. The topological polar surface area (TPSA) is 75.4 Å². The highest BCUT2D eigenvalue weighted by atomic mass is 16.5. The number of fused-ring (bicyclic) bond motifs is 5. The lowest BCUT2D eigenvalue weighted by molar-refractivity contribution is 0.464. The maximum Gasteiger partial charge on any atom is 0.221 e. The normalized spacial score (nSPS) is 19.6. The summed E-state index contributed by atoms with van der Waals surface area (Å²) in [6, 6.07) is 34.4. The number of nitrogens with zero attached hydrogens (tertiary/aromatic N) is 6. The van der Waals surface area contributed by atoms with E-state index in [0.29, 0.717) is 40.0 Å². The van der Waals surface area contributed by atoms with E-state index in [0.717, 1.165) is 66.1 Å². The lowest BCUT2D eigenvalue weighted by atomic mass is 9.62. The summed E-state index contributed by atoms with van der Waals surface area (Å²) in [7, 11) is 4.34. The number of nitrogens with one attached hydrogen (secondary N) is 2. The maximum atomic E-state index is 9.33. The number of allylic oxidation sites excluding steroid dienone is 8. The number of benzene rings is 6. The molecule has 6 aromatic carbocycles. The molecule has 2 radical (unpaired) electrons. The second-order valence-corrected chi connectivity index (χ2v) is 22.0. The number of anilines is 4. The summed E-state index contributed by atoms with van der Waals surface area (Å²) in [5.74, 6) is 4.98. The van der Waals surface area contributed by atoms with Gasteiger partial charge < -0.3 is 29.7 Å². The predicted molar refractivity (Wildman–Crippen MR) is 342 cm³/mol. The van der Waals surface area contributed by atoms with Gasteiger partial charge in [-0.15, -0.1) is 12.0 Å². The highest BCUT2D eigenvalue weighted by Gasteiger charge is 2.34. The van der Waals surface area contributed by atoms with Crippen LogP contribution in [0.15, 0.2) is 219 Å². The molecular weight excluding hydrogens is 990 g/mol. The molecule has 0 spiro atoms. The molecule has 9 nitrogen and oxygen atoms in total. The van der Waals surface area contributed by atoms with E-state index in [1.54, 1.807) is 42.5 Å². The van der Waals surface area contributed by atoms with Crippen molar-refractivity contribution in [3.63, 3.8) is 0 Å². The van der Waals surface area contributed by atoms with Gasteiger partial charge in [-0.3, -0.25) is 4.57 Å². The molecule has 0 saturated heterocycles.